The molecule has 0 saturated heterocycles. The van der Waals surface area contributed by atoms with Crippen molar-refractivity contribution < 1.29 is 9.53 Å². The van der Waals surface area contributed by atoms with Crippen molar-refractivity contribution in [2.45, 2.75) is 70.8 Å². The Morgan fingerprint density at radius 3 is 2.82 bits per heavy atom. The number of aryl methyl sites for hydroxylation is 1. The maximum atomic E-state index is 12.4. The molecule has 0 spiro atoms. The summed E-state index contributed by atoms with van der Waals surface area (Å²) in [7, 11) is 0. The van der Waals surface area contributed by atoms with Gasteiger partial charge in [0.25, 0.3) is 0 Å². The molecule has 1 amide bonds. The number of benzene rings is 1. The van der Waals surface area contributed by atoms with Gasteiger partial charge in [0, 0.05) is 12.6 Å². The van der Waals surface area contributed by atoms with E-state index in [9.17, 15) is 4.79 Å². The average molecular weight is 403 g/mol. The molecule has 3 rings (SSSR count). The van der Waals surface area contributed by atoms with E-state index in [-0.39, 0.29) is 5.91 Å². The van der Waals surface area contributed by atoms with Crippen molar-refractivity contribution in [3.8, 4) is 5.75 Å². The molecule has 1 aliphatic carbocycles. The molecule has 28 heavy (non-hydrogen) atoms. The molecule has 1 aromatic carbocycles. The quantitative estimate of drug-likeness (QED) is 0.677. The van der Waals surface area contributed by atoms with Gasteiger partial charge in [-0.05, 0) is 44.2 Å². The highest BCUT2D eigenvalue weighted by Gasteiger charge is 2.23. The Balaban J connectivity index is 1.54. The zero-order valence-electron chi connectivity index (χ0n) is 17.0. The number of thioether (sulfide) groups is 1. The molecule has 152 valence electrons. The summed E-state index contributed by atoms with van der Waals surface area (Å²) < 4.78 is 7.92. The largest absolute Gasteiger partial charge is 0.485 e. The number of carbonyl (C=O) groups excluding carboxylic acids is 1. The molecule has 1 aromatic heterocycles. The van der Waals surface area contributed by atoms with E-state index in [0.29, 0.717) is 24.3 Å². The standard InChI is InChI=1S/C21H30N4O2S/c1-4-25-19(13-27-18-12-8-6-10-16(18)3)23-24-21(25)28-14-20(26)22-17-11-7-5-9-15(17)2/h6,8,10,12,15,17H,4-5,7,9,11,13-14H2,1-3H3,(H,22,26)/t15-,17-/m1/s1. The number of para-hydroxylation sites is 1. The van der Waals surface area contributed by atoms with Crippen LogP contribution < -0.4 is 10.1 Å². The molecule has 2 atom stereocenters. The number of rotatable bonds is 8. The fourth-order valence-electron chi connectivity index (χ4n) is 3.62. The Bertz CT molecular complexity index is 792. The van der Waals surface area contributed by atoms with Crippen molar-refractivity contribution in [3.05, 3.63) is 35.7 Å². The molecule has 0 radical (unpaired) electrons. The fraction of sp³-hybridized carbons (Fsp3) is 0.571. The van der Waals surface area contributed by atoms with Crippen LogP contribution in [0.4, 0.5) is 0 Å². The SMILES string of the molecule is CCn1c(COc2ccccc2C)nnc1SCC(=O)N[C@@H]1CCCC[C@H]1C. The molecule has 1 aliphatic rings. The second kappa shape index (κ2) is 9.96. The molecule has 2 aromatic rings. The van der Waals surface area contributed by atoms with E-state index in [4.69, 9.17) is 4.74 Å². The van der Waals surface area contributed by atoms with Crippen molar-refractivity contribution in [2.24, 2.45) is 5.92 Å². The molecule has 1 heterocycles. The van der Waals surface area contributed by atoms with Gasteiger partial charge in [-0.2, -0.15) is 0 Å². The first-order valence-corrected chi connectivity index (χ1v) is 11.1. The van der Waals surface area contributed by atoms with Gasteiger partial charge in [0.2, 0.25) is 5.91 Å². The lowest BCUT2D eigenvalue weighted by molar-refractivity contribution is -0.119. The first-order chi connectivity index (χ1) is 13.6. The van der Waals surface area contributed by atoms with Crippen LogP contribution in [0.2, 0.25) is 0 Å². The number of nitrogens with zero attached hydrogens (tertiary/aromatic N) is 3. The topological polar surface area (TPSA) is 69.0 Å². The smallest absolute Gasteiger partial charge is 0.230 e. The molecule has 6 nitrogen and oxygen atoms in total. The van der Waals surface area contributed by atoms with Gasteiger partial charge in [-0.3, -0.25) is 4.79 Å². The van der Waals surface area contributed by atoms with Crippen LogP contribution in [-0.4, -0.2) is 32.5 Å². The van der Waals surface area contributed by atoms with Gasteiger partial charge in [-0.25, -0.2) is 0 Å². The Kier molecular flexibility index (Phi) is 7.36. The Labute approximate surface area is 171 Å². The van der Waals surface area contributed by atoms with E-state index < -0.39 is 0 Å². The average Bonchev–Trinajstić information content (AvgIpc) is 3.09. The van der Waals surface area contributed by atoms with Gasteiger partial charge in [0.15, 0.2) is 11.0 Å². The van der Waals surface area contributed by atoms with Crippen LogP contribution in [0.1, 0.15) is 50.9 Å². The minimum Gasteiger partial charge on any atom is -0.485 e. The van der Waals surface area contributed by atoms with Crippen molar-refractivity contribution in [1.29, 1.82) is 0 Å². The summed E-state index contributed by atoms with van der Waals surface area (Å²) in [5, 5.41) is 12.5. The highest BCUT2D eigenvalue weighted by Crippen LogP contribution is 2.24. The van der Waals surface area contributed by atoms with Crippen LogP contribution >= 0.6 is 11.8 Å². The van der Waals surface area contributed by atoms with Crippen LogP contribution in [0, 0.1) is 12.8 Å². The van der Waals surface area contributed by atoms with E-state index in [1.54, 1.807) is 0 Å². The first kappa shape index (κ1) is 20.7. The van der Waals surface area contributed by atoms with Gasteiger partial charge < -0.3 is 14.6 Å². The van der Waals surface area contributed by atoms with Crippen LogP contribution in [0.3, 0.4) is 0 Å². The fourth-order valence-corrected chi connectivity index (χ4v) is 4.45. The molecule has 1 fully saturated rings. The summed E-state index contributed by atoms with van der Waals surface area (Å²) in [5.74, 6) is 2.62. The highest BCUT2D eigenvalue weighted by molar-refractivity contribution is 7.99. The van der Waals surface area contributed by atoms with Gasteiger partial charge >= 0.3 is 0 Å². The van der Waals surface area contributed by atoms with E-state index in [1.165, 1.54) is 31.0 Å². The van der Waals surface area contributed by atoms with E-state index in [1.807, 2.05) is 35.8 Å². The monoisotopic (exact) mass is 402 g/mol. The number of hydrogen-bond donors (Lipinski definition) is 1. The lowest BCUT2D eigenvalue weighted by atomic mass is 9.86. The lowest BCUT2D eigenvalue weighted by Crippen LogP contribution is -2.41. The normalized spacial score (nSPS) is 19.4. The highest BCUT2D eigenvalue weighted by atomic mass is 32.2. The summed E-state index contributed by atoms with van der Waals surface area (Å²) in [6.07, 6.45) is 4.77. The minimum absolute atomic E-state index is 0.0760. The van der Waals surface area contributed by atoms with Crippen LogP contribution in [-0.2, 0) is 17.9 Å². The summed E-state index contributed by atoms with van der Waals surface area (Å²) >= 11 is 1.44. The number of carbonyl (C=O) groups is 1. The summed E-state index contributed by atoms with van der Waals surface area (Å²) in [5.41, 5.74) is 1.09. The van der Waals surface area contributed by atoms with Crippen molar-refractivity contribution in [2.75, 3.05) is 5.75 Å². The van der Waals surface area contributed by atoms with Gasteiger partial charge in [0.05, 0.1) is 5.75 Å². The number of aromatic nitrogens is 3. The van der Waals surface area contributed by atoms with E-state index in [0.717, 1.165) is 35.3 Å². The van der Waals surface area contributed by atoms with E-state index >= 15 is 0 Å². The number of nitrogens with one attached hydrogen (secondary N) is 1. The molecule has 7 heteroatoms. The number of amides is 1. The Morgan fingerprint density at radius 2 is 2.07 bits per heavy atom. The zero-order valence-corrected chi connectivity index (χ0v) is 17.8. The zero-order chi connectivity index (χ0) is 19.9. The summed E-state index contributed by atoms with van der Waals surface area (Å²) in [6, 6.07) is 8.23. The minimum atomic E-state index is 0.0760. The van der Waals surface area contributed by atoms with E-state index in [2.05, 4.69) is 29.4 Å². The van der Waals surface area contributed by atoms with Crippen molar-refractivity contribution in [3.63, 3.8) is 0 Å². The van der Waals surface area contributed by atoms with Crippen LogP contribution in [0.5, 0.6) is 5.75 Å². The van der Waals surface area contributed by atoms with Crippen molar-refractivity contribution in [1.82, 2.24) is 20.1 Å². The molecule has 0 bridgehead atoms. The summed E-state index contributed by atoms with van der Waals surface area (Å²) in [4.78, 5) is 12.4. The van der Waals surface area contributed by atoms with Crippen molar-refractivity contribution >= 4 is 17.7 Å². The number of ether oxygens (including phenoxy) is 1. The Morgan fingerprint density at radius 1 is 1.29 bits per heavy atom. The molecule has 1 N–H and O–H groups in total. The molecular formula is C21H30N4O2S. The predicted octanol–water partition coefficient (Wildman–Crippen LogP) is 3.97. The van der Waals surface area contributed by atoms with Gasteiger partial charge in [-0.15, -0.1) is 10.2 Å². The second-order valence-corrected chi connectivity index (χ2v) is 8.36. The number of hydrogen-bond acceptors (Lipinski definition) is 5. The maximum Gasteiger partial charge on any atom is 0.230 e. The molecule has 0 unspecified atom stereocenters. The molecular weight excluding hydrogens is 372 g/mol. The third kappa shape index (κ3) is 5.28. The van der Waals surface area contributed by atoms with Gasteiger partial charge in [-0.1, -0.05) is 49.7 Å². The summed E-state index contributed by atoms with van der Waals surface area (Å²) in [6.45, 7) is 7.40. The Hall–Kier alpha value is -2.02. The maximum absolute atomic E-state index is 12.4. The lowest BCUT2D eigenvalue weighted by Gasteiger charge is -2.29. The first-order valence-electron chi connectivity index (χ1n) is 10.1. The second-order valence-electron chi connectivity index (χ2n) is 7.42. The predicted molar refractivity (Wildman–Crippen MR) is 111 cm³/mol. The molecule has 0 aliphatic heterocycles. The van der Waals surface area contributed by atoms with Gasteiger partial charge in [0.1, 0.15) is 12.4 Å². The molecule has 1 saturated carbocycles. The van der Waals surface area contributed by atoms with Crippen LogP contribution in [0.25, 0.3) is 0 Å². The third-order valence-corrected chi connectivity index (χ3v) is 6.32. The van der Waals surface area contributed by atoms with Crippen LogP contribution in [0.15, 0.2) is 29.4 Å². The third-order valence-electron chi connectivity index (χ3n) is 5.35.